The number of allylic oxidation sites excluding steroid dienone is 2. The molecule has 2 aliphatic carbocycles. The highest BCUT2D eigenvalue weighted by Crippen LogP contribution is 2.59. The quantitative estimate of drug-likeness (QED) is 0.620. The van der Waals surface area contributed by atoms with Gasteiger partial charge in [0.1, 0.15) is 5.60 Å². The van der Waals surface area contributed by atoms with Crippen molar-refractivity contribution < 1.29 is 9.53 Å². The molecular formula is C23H22O2. The zero-order valence-corrected chi connectivity index (χ0v) is 14.2. The Balaban J connectivity index is 1.57. The summed E-state index contributed by atoms with van der Waals surface area (Å²) in [4.78, 5) is 12.8. The van der Waals surface area contributed by atoms with Crippen molar-refractivity contribution >= 4 is 5.97 Å². The van der Waals surface area contributed by atoms with Gasteiger partial charge in [-0.1, -0.05) is 72.8 Å². The molecule has 0 spiro atoms. The molecule has 2 aromatic rings. The van der Waals surface area contributed by atoms with Crippen molar-refractivity contribution in [3.8, 4) is 0 Å². The Bertz CT molecular complexity index is 767. The van der Waals surface area contributed by atoms with E-state index in [-0.39, 0.29) is 11.9 Å². The number of hydrogen-bond donors (Lipinski definition) is 0. The fourth-order valence-corrected chi connectivity index (χ4v) is 5.45. The van der Waals surface area contributed by atoms with Crippen molar-refractivity contribution in [3.05, 3.63) is 83.9 Å². The maximum absolute atomic E-state index is 12.8. The summed E-state index contributed by atoms with van der Waals surface area (Å²) in [7, 11) is 0. The van der Waals surface area contributed by atoms with E-state index in [1.165, 1.54) is 11.1 Å². The number of ether oxygens (including phenoxy) is 1. The Morgan fingerprint density at radius 3 is 2.00 bits per heavy atom. The summed E-state index contributed by atoms with van der Waals surface area (Å²) in [6.45, 7) is 0. The van der Waals surface area contributed by atoms with E-state index in [2.05, 4.69) is 60.7 Å². The average Bonchev–Trinajstić information content (AvgIpc) is 3.31. The molecule has 0 aromatic heterocycles. The largest absolute Gasteiger partial charge is 0.458 e. The minimum Gasteiger partial charge on any atom is -0.458 e. The first-order valence-electron chi connectivity index (χ1n) is 9.24. The van der Waals surface area contributed by atoms with Gasteiger partial charge in [-0.15, -0.1) is 0 Å². The van der Waals surface area contributed by atoms with Gasteiger partial charge in [-0.2, -0.15) is 0 Å². The first-order valence-corrected chi connectivity index (χ1v) is 9.24. The Labute approximate surface area is 148 Å². The van der Waals surface area contributed by atoms with Gasteiger partial charge in [0.2, 0.25) is 0 Å². The van der Waals surface area contributed by atoms with Gasteiger partial charge in [-0.05, 0) is 29.4 Å². The number of carbonyl (C=O) groups is 1. The molecule has 2 fully saturated rings. The van der Waals surface area contributed by atoms with Gasteiger partial charge in [-0.25, -0.2) is 0 Å². The van der Waals surface area contributed by atoms with Crippen LogP contribution in [0.25, 0.3) is 0 Å². The Morgan fingerprint density at radius 1 is 0.840 bits per heavy atom. The van der Waals surface area contributed by atoms with Crippen LogP contribution in [0.3, 0.4) is 0 Å². The highest BCUT2D eigenvalue weighted by molar-refractivity contribution is 5.78. The topological polar surface area (TPSA) is 26.3 Å². The number of rotatable bonds is 4. The fourth-order valence-electron chi connectivity index (χ4n) is 5.45. The highest BCUT2D eigenvalue weighted by atomic mass is 16.6. The molecule has 0 unspecified atom stereocenters. The molecule has 3 aliphatic rings. The third-order valence-electron chi connectivity index (χ3n) is 6.34. The van der Waals surface area contributed by atoms with Crippen molar-refractivity contribution in [1.29, 1.82) is 0 Å². The van der Waals surface area contributed by atoms with E-state index < -0.39 is 5.60 Å². The van der Waals surface area contributed by atoms with Crippen LogP contribution < -0.4 is 0 Å². The van der Waals surface area contributed by atoms with E-state index in [4.69, 9.17) is 4.74 Å². The predicted molar refractivity (Wildman–Crippen MR) is 96.8 cm³/mol. The summed E-state index contributed by atoms with van der Waals surface area (Å²) in [5.41, 5.74) is 2.08. The first-order chi connectivity index (χ1) is 12.3. The molecule has 0 radical (unpaired) electrons. The molecule has 1 heterocycles. The van der Waals surface area contributed by atoms with Gasteiger partial charge in [0.15, 0.2) is 0 Å². The Kier molecular flexibility index (Phi) is 3.34. The van der Waals surface area contributed by atoms with Crippen molar-refractivity contribution in [3.63, 3.8) is 0 Å². The van der Waals surface area contributed by atoms with E-state index in [0.29, 0.717) is 17.8 Å². The lowest BCUT2D eigenvalue weighted by Gasteiger charge is -2.36. The molecule has 126 valence electrons. The van der Waals surface area contributed by atoms with Crippen LogP contribution in [0.4, 0.5) is 0 Å². The van der Waals surface area contributed by atoms with E-state index in [1.807, 2.05) is 12.1 Å². The second-order valence-corrected chi connectivity index (χ2v) is 7.81. The van der Waals surface area contributed by atoms with Gasteiger partial charge in [-0.3, -0.25) is 4.79 Å². The molecule has 2 nitrogen and oxygen atoms in total. The summed E-state index contributed by atoms with van der Waals surface area (Å²) >= 11 is 0. The molecule has 1 saturated carbocycles. The van der Waals surface area contributed by atoms with Crippen molar-refractivity contribution in [1.82, 2.24) is 0 Å². The number of carbonyl (C=O) groups excluding carboxylic acids is 1. The molecule has 2 bridgehead atoms. The zero-order valence-electron chi connectivity index (χ0n) is 14.2. The van der Waals surface area contributed by atoms with Crippen molar-refractivity contribution in [2.75, 3.05) is 0 Å². The summed E-state index contributed by atoms with van der Waals surface area (Å²) in [5, 5.41) is 0. The molecule has 2 aromatic carbocycles. The van der Waals surface area contributed by atoms with Crippen molar-refractivity contribution in [2.45, 2.75) is 24.9 Å². The van der Waals surface area contributed by atoms with E-state index in [1.54, 1.807) is 0 Å². The van der Waals surface area contributed by atoms with Crippen LogP contribution in [0.2, 0.25) is 0 Å². The molecule has 4 atom stereocenters. The Morgan fingerprint density at radius 2 is 1.40 bits per heavy atom. The summed E-state index contributed by atoms with van der Waals surface area (Å²) in [5.74, 6) is 1.25. The lowest BCUT2D eigenvalue weighted by atomic mass is 9.70. The molecule has 25 heavy (non-hydrogen) atoms. The van der Waals surface area contributed by atoms with Gasteiger partial charge >= 0.3 is 5.97 Å². The maximum atomic E-state index is 12.8. The number of cyclic esters (lactones) is 1. The first kappa shape index (κ1) is 14.9. The zero-order chi connectivity index (χ0) is 16.9. The van der Waals surface area contributed by atoms with E-state index in [0.717, 1.165) is 19.3 Å². The summed E-state index contributed by atoms with van der Waals surface area (Å²) in [6, 6.07) is 21.0. The van der Waals surface area contributed by atoms with E-state index in [9.17, 15) is 4.79 Å². The molecule has 2 heteroatoms. The fraction of sp³-hybridized carbons (Fsp3) is 0.348. The van der Waals surface area contributed by atoms with Crippen LogP contribution >= 0.6 is 0 Å². The van der Waals surface area contributed by atoms with Crippen LogP contribution in [0.1, 0.15) is 17.5 Å². The second kappa shape index (κ2) is 5.59. The maximum Gasteiger partial charge on any atom is 0.310 e. The lowest BCUT2D eigenvalue weighted by Crippen LogP contribution is -2.43. The molecule has 5 rings (SSSR count). The number of fused-ring (bicyclic) bond motifs is 5. The number of esters is 1. The highest BCUT2D eigenvalue weighted by Gasteiger charge is 2.64. The van der Waals surface area contributed by atoms with Gasteiger partial charge in [0.25, 0.3) is 0 Å². The third-order valence-corrected chi connectivity index (χ3v) is 6.34. The van der Waals surface area contributed by atoms with Gasteiger partial charge in [0, 0.05) is 18.8 Å². The smallest absolute Gasteiger partial charge is 0.310 e. The monoisotopic (exact) mass is 330 g/mol. The number of hydrogen-bond acceptors (Lipinski definition) is 2. The average molecular weight is 330 g/mol. The van der Waals surface area contributed by atoms with Crippen LogP contribution in [-0.4, -0.2) is 11.6 Å². The molecule has 0 amide bonds. The minimum absolute atomic E-state index is 0.0220. The van der Waals surface area contributed by atoms with Gasteiger partial charge in [0.05, 0.1) is 5.92 Å². The summed E-state index contributed by atoms with van der Waals surface area (Å²) in [6.07, 6.45) is 7.29. The lowest BCUT2D eigenvalue weighted by molar-refractivity contribution is -0.152. The molecular weight excluding hydrogens is 308 g/mol. The van der Waals surface area contributed by atoms with Gasteiger partial charge < -0.3 is 4.74 Å². The predicted octanol–water partition coefficient (Wildman–Crippen LogP) is 4.21. The standard InChI is InChI=1S/C23H22O2/c24-22-20-18-11-12-19(13-18)21(20)23(25-22,14-16-7-3-1-4-8-16)15-17-9-5-2-6-10-17/h1-12,18-21H,13-15H2/t18-,19+,20-,21+/m0/s1. The van der Waals surface area contributed by atoms with Crippen molar-refractivity contribution in [2.24, 2.45) is 23.7 Å². The van der Waals surface area contributed by atoms with Crippen LogP contribution in [-0.2, 0) is 22.4 Å². The van der Waals surface area contributed by atoms with Crippen LogP contribution in [0.5, 0.6) is 0 Å². The second-order valence-electron chi connectivity index (χ2n) is 7.81. The van der Waals surface area contributed by atoms with E-state index >= 15 is 0 Å². The summed E-state index contributed by atoms with van der Waals surface area (Å²) < 4.78 is 6.23. The normalized spacial score (nSPS) is 31.1. The van der Waals surface area contributed by atoms with Crippen LogP contribution in [0, 0.1) is 23.7 Å². The number of benzene rings is 2. The van der Waals surface area contributed by atoms with Crippen LogP contribution in [0.15, 0.2) is 72.8 Å². The molecule has 1 saturated heterocycles. The molecule has 0 N–H and O–H groups in total. The Hall–Kier alpha value is -2.35. The third kappa shape index (κ3) is 2.35. The molecule has 1 aliphatic heterocycles. The minimum atomic E-state index is -0.422. The SMILES string of the molecule is O=C1OC(Cc2ccccc2)(Cc2ccccc2)[C@H]2[C@@H]1[C@H]1C=C[C@@H]2C1.